The second-order valence-corrected chi connectivity index (χ2v) is 6.34. The Hall–Kier alpha value is -4.09. The molecule has 0 saturated heterocycles. The van der Waals surface area contributed by atoms with E-state index in [0.29, 0.717) is 11.6 Å². The van der Waals surface area contributed by atoms with Crippen molar-refractivity contribution in [1.29, 1.82) is 5.26 Å². The van der Waals surface area contributed by atoms with Crippen molar-refractivity contribution in [2.45, 2.75) is 25.2 Å². The first-order chi connectivity index (χ1) is 14.6. The summed E-state index contributed by atoms with van der Waals surface area (Å²) in [6.45, 7) is 8.08. The lowest BCUT2D eigenvalue weighted by molar-refractivity contribution is -0.136. The van der Waals surface area contributed by atoms with Gasteiger partial charge < -0.3 is 10.4 Å². The molecule has 0 unspecified atom stereocenters. The molecule has 0 aromatic heterocycles. The number of aliphatic hydroxyl groups excluding tert-OH is 1. The minimum Gasteiger partial charge on any atom is -0.391 e. The van der Waals surface area contributed by atoms with Gasteiger partial charge in [-0.25, -0.2) is 4.85 Å². The third-order valence-corrected chi connectivity index (χ3v) is 4.08. The molecule has 2 rings (SSSR count). The molecule has 0 radical (unpaired) electrons. The van der Waals surface area contributed by atoms with Gasteiger partial charge in [-0.05, 0) is 43.3 Å². The zero-order chi connectivity index (χ0) is 23.2. The fourth-order valence-electron chi connectivity index (χ4n) is 2.50. The maximum absolute atomic E-state index is 13.1. The molecular formula is C20H16F3N5O3. The molecule has 2 aromatic rings. The summed E-state index contributed by atoms with van der Waals surface area (Å²) in [5.74, 6) is -1.62. The zero-order valence-electron chi connectivity index (χ0n) is 16.0. The third kappa shape index (κ3) is 5.95. The number of halogens is 3. The molecule has 0 bridgehead atoms. The number of rotatable bonds is 5. The summed E-state index contributed by atoms with van der Waals surface area (Å²) < 4.78 is 39.4. The van der Waals surface area contributed by atoms with Crippen molar-refractivity contribution in [2.24, 2.45) is 0 Å². The first-order valence-corrected chi connectivity index (χ1v) is 8.70. The van der Waals surface area contributed by atoms with E-state index in [9.17, 15) is 27.9 Å². The number of benzene rings is 2. The number of hydrazine groups is 1. The van der Waals surface area contributed by atoms with Crippen LogP contribution in [0.1, 0.15) is 28.4 Å². The Morgan fingerprint density at radius 3 is 2.32 bits per heavy atom. The van der Waals surface area contributed by atoms with E-state index in [0.717, 1.165) is 6.07 Å². The van der Waals surface area contributed by atoms with Gasteiger partial charge in [0.15, 0.2) is 5.69 Å². The summed E-state index contributed by atoms with van der Waals surface area (Å²) in [6, 6.07) is 8.78. The van der Waals surface area contributed by atoms with Crippen molar-refractivity contribution in [2.75, 3.05) is 5.32 Å². The average Bonchev–Trinajstić information content (AvgIpc) is 2.74. The Labute approximate surface area is 175 Å². The second-order valence-electron chi connectivity index (χ2n) is 6.34. The van der Waals surface area contributed by atoms with Crippen LogP contribution in [0, 0.1) is 17.9 Å². The Kier molecular flexibility index (Phi) is 7.19. The van der Waals surface area contributed by atoms with Crippen molar-refractivity contribution >= 4 is 23.2 Å². The standard InChI is InChI=1S/C20H16F3N5O3/c1-11(29)17(26-14-7-8-16(25-2)15(9-14)20(21,22)23)19(31)28-27-18(30)13-5-3-12(10-24)4-6-13/h3-9,11,17,26,29H,1H3,(H,27,30)(H,28,31)/t11-,17+/m0/s1. The molecule has 2 atom stereocenters. The van der Waals surface area contributed by atoms with E-state index in [1.165, 1.54) is 37.3 Å². The topological polar surface area (TPSA) is 119 Å². The quantitative estimate of drug-likeness (QED) is 0.429. The van der Waals surface area contributed by atoms with Crippen molar-refractivity contribution in [3.05, 3.63) is 70.6 Å². The monoisotopic (exact) mass is 431 g/mol. The fraction of sp³-hybridized carbons (Fsp3) is 0.200. The summed E-state index contributed by atoms with van der Waals surface area (Å²) in [5.41, 5.74) is 2.73. The van der Waals surface area contributed by atoms with Gasteiger partial charge in [-0.1, -0.05) is 6.07 Å². The van der Waals surface area contributed by atoms with Crippen LogP contribution >= 0.6 is 0 Å². The minimum absolute atomic E-state index is 0.144. The molecular weight excluding hydrogens is 415 g/mol. The van der Waals surface area contributed by atoms with Crippen LogP contribution in [0.5, 0.6) is 0 Å². The first-order valence-electron chi connectivity index (χ1n) is 8.70. The summed E-state index contributed by atoms with van der Waals surface area (Å²) in [5, 5.41) is 21.1. The van der Waals surface area contributed by atoms with E-state index in [1.807, 2.05) is 6.07 Å². The largest absolute Gasteiger partial charge is 0.407 e. The highest BCUT2D eigenvalue weighted by Crippen LogP contribution is 2.38. The van der Waals surface area contributed by atoms with Gasteiger partial charge in [0.05, 0.1) is 29.9 Å². The van der Waals surface area contributed by atoms with Gasteiger partial charge >= 0.3 is 6.18 Å². The lowest BCUT2D eigenvalue weighted by Crippen LogP contribution is -2.52. The zero-order valence-corrected chi connectivity index (χ0v) is 16.0. The molecule has 4 N–H and O–H groups in total. The molecule has 11 heteroatoms. The highest BCUT2D eigenvalue weighted by molar-refractivity contribution is 5.96. The van der Waals surface area contributed by atoms with E-state index in [1.54, 1.807) is 0 Å². The number of aliphatic hydroxyl groups is 1. The number of amides is 2. The number of carbonyl (C=O) groups excluding carboxylic acids is 2. The van der Waals surface area contributed by atoms with E-state index >= 15 is 0 Å². The Bertz CT molecular complexity index is 1050. The lowest BCUT2D eigenvalue weighted by Gasteiger charge is -2.23. The third-order valence-electron chi connectivity index (χ3n) is 4.08. The highest BCUT2D eigenvalue weighted by atomic mass is 19.4. The molecule has 0 aliphatic heterocycles. The number of anilines is 1. The van der Waals surface area contributed by atoms with Crippen LogP contribution in [-0.4, -0.2) is 29.1 Å². The molecule has 0 spiro atoms. The smallest absolute Gasteiger partial charge is 0.391 e. The number of hydrogen-bond donors (Lipinski definition) is 4. The maximum Gasteiger partial charge on any atom is 0.407 e. The van der Waals surface area contributed by atoms with Gasteiger partial charge in [0.1, 0.15) is 6.04 Å². The number of alkyl halides is 3. The van der Waals surface area contributed by atoms with E-state index in [2.05, 4.69) is 21.0 Å². The fourth-order valence-corrected chi connectivity index (χ4v) is 2.50. The van der Waals surface area contributed by atoms with E-state index < -0.39 is 41.4 Å². The van der Waals surface area contributed by atoms with Crippen molar-refractivity contribution in [1.82, 2.24) is 10.9 Å². The SMILES string of the molecule is [C-]#[N+]c1ccc(N[C@@H](C(=O)NNC(=O)c2ccc(C#N)cc2)[C@H](C)O)cc1C(F)(F)F. The molecule has 31 heavy (non-hydrogen) atoms. The summed E-state index contributed by atoms with van der Waals surface area (Å²) in [7, 11) is 0. The van der Waals surface area contributed by atoms with Gasteiger partial charge in [-0.15, -0.1) is 0 Å². The summed E-state index contributed by atoms with van der Waals surface area (Å²) in [4.78, 5) is 27.3. The van der Waals surface area contributed by atoms with Crippen molar-refractivity contribution in [3.8, 4) is 6.07 Å². The van der Waals surface area contributed by atoms with Crippen LogP contribution in [0.25, 0.3) is 4.85 Å². The maximum atomic E-state index is 13.1. The van der Waals surface area contributed by atoms with Crippen molar-refractivity contribution < 1.29 is 27.9 Å². The molecule has 0 fully saturated rings. The second kappa shape index (κ2) is 9.61. The molecule has 2 aromatic carbocycles. The molecule has 2 amide bonds. The average molecular weight is 431 g/mol. The molecule has 0 aliphatic carbocycles. The van der Waals surface area contributed by atoms with Crippen LogP contribution in [0.15, 0.2) is 42.5 Å². The Morgan fingerprint density at radius 2 is 1.81 bits per heavy atom. The molecule has 8 nitrogen and oxygen atoms in total. The predicted octanol–water partition coefficient (Wildman–Crippen LogP) is 2.75. The highest BCUT2D eigenvalue weighted by Gasteiger charge is 2.34. The molecule has 0 aliphatic rings. The van der Waals surface area contributed by atoms with Gasteiger partial charge in [0.2, 0.25) is 0 Å². The number of nitrogens with zero attached hydrogens (tertiary/aromatic N) is 2. The summed E-state index contributed by atoms with van der Waals surface area (Å²) in [6.07, 6.45) is -6.13. The Morgan fingerprint density at radius 1 is 1.16 bits per heavy atom. The Balaban J connectivity index is 2.11. The number of nitrogens with one attached hydrogen (secondary N) is 3. The number of carbonyl (C=O) groups is 2. The minimum atomic E-state index is -4.78. The van der Waals surface area contributed by atoms with Crippen molar-refractivity contribution in [3.63, 3.8) is 0 Å². The molecule has 0 saturated carbocycles. The van der Waals surface area contributed by atoms with Crippen LogP contribution in [-0.2, 0) is 11.0 Å². The molecule has 0 heterocycles. The number of hydrogen-bond acceptors (Lipinski definition) is 5. The van der Waals surface area contributed by atoms with Gasteiger partial charge in [-0.2, -0.15) is 18.4 Å². The van der Waals surface area contributed by atoms with Gasteiger partial charge in [0.25, 0.3) is 11.8 Å². The van der Waals surface area contributed by atoms with Crippen LogP contribution in [0.2, 0.25) is 0 Å². The predicted molar refractivity (Wildman–Crippen MR) is 104 cm³/mol. The van der Waals surface area contributed by atoms with Crippen LogP contribution in [0.3, 0.4) is 0 Å². The molecule has 160 valence electrons. The normalized spacial score (nSPS) is 12.6. The van der Waals surface area contributed by atoms with Gasteiger partial charge in [-0.3, -0.25) is 20.4 Å². The van der Waals surface area contributed by atoms with Crippen LogP contribution in [0.4, 0.5) is 24.5 Å². The van der Waals surface area contributed by atoms with Gasteiger partial charge in [0, 0.05) is 11.3 Å². The number of nitriles is 1. The lowest BCUT2D eigenvalue weighted by atomic mass is 10.1. The first kappa shape index (κ1) is 23.2. The van der Waals surface area contributed by atoms with E-state index in [4.69, 9.17) is 11.8 Å². The summed E-state index contributed by atoms with van der Waals surface area (Å²) >= 11 is 0. The van der Waals surface area contributed by atoms with E-state index in [-0.39, 0.29) is 11.3 Å². The van der Waals surface area contributed by atoms with Crippen LogP contribution < -0.4 is 16.2 Å².